The first-order valence-electron chi connectivity index (χ1n) is 12.5. The van der Waals surface area contributed by atoms with Crippen molar-refractivity contribution in [1.82, 2.24) is 5.32 Å². The summed E-state index contributed by atoms with van der Waals surface area (Å²) in [5.74, 6) is 3.07. The van der Waals surface area contributed by atoms with Gasteiger partial charge in [-0.1, -0.05) is 60.7 Å². The van der Waals surface area contributed by atoms with Gasteiger partial charge in [-0.2, -0.15) is 0 Å². The van der Waals surface area contributed by atoms with Crippen molar-refractivity contribution in [2.75, 3.05) is 0 Å². The number of nitrogens with zero attached hydrogens (tertiary/aromatic N) is 1. The minimum absolute atomic E-state index is 0.00833. The van der Waals surface area contributed by atoms with Gasteiger partial charge < -0.3 is 14.9 Å². The molecule has 2 aromatic rings. The lowest BCUT2D eigenvalue weighted by atomic mass is 9.42. The molecule has 4 nitrogen and oxygen atoms in total. The Morgan fingerprint density at radius 2 is 1.39 bits per heavy atom. The Labute approximate surface area is 196 Å². The van der Waals surface area contributed by atoms with E-state index in [0.29, 0.717) is 11.5 Å². The van der Waals surface area contributed by atoms with E-state index in [1.54, 1.807) is 6.92 Å². The Balaban J connectivity index is 1.46. The van der Waals surface area contributed by atoms with Gasteiger partial charge in [0.2, 0.25) is 0 Å². The lowest BCUT2D eigenvalue weighted by Crippen LogP contribution is -2.65. The van der Waals surface area contributed by atoms with Crippen LogP contribution in [0.3, 0.4) is 0 Å². The highest BCUT2D eigenvalue weighted by Crippen LogP contribution is 2.56. The molecule has 0 radical (unpaired) electrons. The topological polar surface area (TPSA) is 50.7 Å². The van der Waals surface area contributed by atoms with Crippen molar-refractivity contribution < 1.29 is 9.45 Å². The molecular weight excluding hydrogens is 407 g/mol. The van der Waals surface area contributed by atoms with Crippen molar-refractivity contribution in [3.05, 3.63) is 72.1 Å². The number of hydrogen-bond donors (Lipinski definition) is 1. The lowest BCUT2D eigenvalue weighted by molar-refractivity contribution is -0.113. The second-order valence-electron chi connectivity index (χ2n) is 11.0. The Morgan fingerprint density at radius 1 is 0.909 bits per heavy atom. The summed E-state index contributed by atoms with van der Waals surface area (Å²) in [4.78, 5) is 18.0. The zero-order valence-electron chi connectivity index (χ0n) is 19.6. The molecule has 4 aliphatic carbocycles. The molecule has 4 bridgehead atoms. The average Bonchev–Trinajstić information content (AvgIpc) is 2.78. The first kappa shape index (κ1) is 20.8. The van der Waals surface area contributed by atoms with Crippen molar-refractivity contribution in [1.29, 1.82) is 0 Å². The fourth-order valence-electron chi connectivity index (χ4n) is 7.67. The fraction of sp³-hybridized carbons (Fsp3) is 0.429. The molecule has 1 heterocycles. The third-order valence-corrected chi connectivity index (χ3v) is 8.52. The molecular formula is C28H32BN2O2-. The first-order valence-corrected chi connectivity index (χ1v) is 12.5. The second-order valence-corrected chi connectivity index (χ2v) is 11.0. The molecule has 1 aliphatic heterocycles. The van der Waals surface area contributed by atoms with E-state index in [4.69, 9.17) is 9.56 Å². The molecule has 170 valence electrons. The van der Waals surface area contributed by atoms with Crippen molar-refractivity contribution in [3.63, 3.8) is 0 Å². The van der Waals surface area contributed by atoms with E-state index in [1.807, 2.05) is 43.3 Å². The molecule has 0 unspecified atom stereocenters. The van der Waals surface area contributed by atoms with E-state index in [1.165, 1.54) is 38.5 Å². The predicted molar refractivity (Wildman–Crippen MR) is 134 cm³/mol. The van der Waals surface area contributed by atoms with Crippen molar-refractivity contribution in [2.45, 2.75) is 57.9 Å². The van der Waals surface area contributed by atoms with Gasteiger partial charge in [0.1, 0.15) is 0 Å². The number of ketones is 1. The number of hydrogen-bond acceptors (Lipinski definition) is 4. The number of rotatable bonds is 5. The monoisotopic (exact) mass is 439 g/mol. The molecule has 7 rings (SSSR count). The normalized spacial score (nSPS) is 31.7. The molecule has 0 amide bonds. The van der Waals surface area contributed by atoms with E-state index >= 15 is 0 Å². The molecule has 33 heavy (non-hydrogen) atoms. The van der Waals surface area contributed by atoms with Crippen LogP contribution in [-0.2, 0) is 9.45 Å². The van der Waals surface area contributed by atoms with Gasteiger partial charge in [0, 0.05) is 11.3 Å². The van der Waals surface area contributed by atoms with Crippen LogP contribution in [0.4, 0.5) is 0 Å². The Kier molecular flexibility index (Phi) is 4.79. The van der Waals surface area contributed by atoms with Crippen LogP contribution in [0.25, 0.3) is 0 Å². The number of Topliss-reactive ketones (excluding diaryl/α,β-unsaturated/α-hetero) is 1. The number of nitrogens with one attached hydrogen (secondary N) is 1. The van der Waals surface area contributed by atoms with Gasteiger partial charge in [0.05, 0.1) is 5.57 Å². The van der Waals surface area contributed by atoms with Crippen LogP contribution in [0.5, 0.6) is 0 Å². The number of allylic oxidation sites excluding steroid dienone is 1. The lowest BCUT2D eigenvalue weighted by Gasteiger charge is -2.58. The molecule has 4 fully saturated rings. The molecule has 0 aromatic heterocycles. The summed E-state index contributed by atoms with van der Waals surface area (Å²) in [5.41, 5.74) is 3.45. The second kappa shape index (κ2) is 7.61. The van der Waals surface area contributed by atoms with Crippen LogP contribution in [0.15, 0.2) is 77.0 Å². The highest BCUT2D eigenvalue weighted by molar-refractivity contribution is 6.97. The molecule has 5 aliphatic rings. The third-order valence-electron chi connectivity index (χ3n) is 8.52. The molecule has 4 saturated carbocycles. The first-order chi connectivity index (χ1) is 16.0. The van der Waals surface area contributed by atoms with Crippen LogP contribution in [0.1, 0.15) is 52.4 Å². The third kappa shape index (κ3) is 3.44. The van der Waals surface area contributed by atoms with Gasteiger partial charge in [-0.15, -0.1) is 10.9 Å². The van der Waals surface area contributed by atoms with E-state index in [2.05, 4.69) is 29.6 Å². The summed E-state index contributed by atoms with van der Waals surface area (Å²) in [6.45, 7) is 1.69. The van der Waals surface area contributed by atoms with Crippen molar-refractivity contribution in [2.24, 2.45) is 22.7 Å². The highest BCUT2D eigenvalue weighted by Gasteiger charge is 2.52. The zero-order chi connectivity index (χ0) is 22.6. The van der Waals surface area contributed by atoms with Gasteiger partial charge in [-0.3, -0.25) is 4.79 Å². The van der Waals surface area contributed by atoms with Crippen LogP contribution in [-0.4, -0.2) is 23.5 Å². The Morgan fingerprint density at radius 3 is 1.85 bits per heavy atom. The maximum atomic E-state index is 12.8. The van der Waals surface area contributed by atoms with E-state index in [-0.39, 0.29) is 11.3 Å². The fourth-order valence-corrected chi connectivity index (χ4v) is 7.67. The SMILES string of the molecule is CC(=O)C1=C(NC23CC4CC(CC(C4)C2)C3)O[B-](c2ccccc2)(c2ccccc2)N=C1C. The standard InChI is InChI=1S/C28H32BN2O2/c1-19-26(20(2)32)27(30-28-16-21-13-22(17-28)15-23(14-21)18-28)33-29(31-19,24-9-5-3-6-10-24)25-11-7-4-8-12-25/h3-12,21-23,30H,13-18H2,1-2H3/q-1. The van der Waals surface area contributed by atoms with Crippen molar-refractivity contribution in [3.8, 4) is 0 Å². The summed E-state index contributed by atoms with van der Waals surface area (Å²) in [5, 5.41) is 3.89. The summed E-state index contributed by atoms with van der Waals surface area (Å²) in [6, 6.07) is 20.5. The predicted octanol–water partition coefficient (Wildman–Crippen LogP) is 4.09. The maximum Gasteiger partial charge on any atom is 0.336 e. The minimum Gasteiger partial charge on any atom is -0.676 e. The van der Waals surface area contributed by atoms with Gasteiger partial charge in [0.25, 0.3) is 0 Å². The molecule has 0 atom stereocenters. The number of carbonyl (C=O) groups excluding carboxylic acids is 1. The summed E-state index contributed by atoms with van der Waals surface area (Å²) in [7, 11) is 0. The summed E-state index contributed by atoms with van der Waals surface area (Å²) in [6.07, 6.45) is 7.69. The van der Waals surface area contributed by atoms with Crippen LogP contribution >= 0.6 is 0 Å². The van der Waals surface area contributed by atoms with Crippen LogP contribution < -0.4 is 16.2 Å². The van der Waals surface area contributed by atoms with Gasteiger partial charge >= 0.3 is 6.48 Å². The Bertz CT molecular complexity index is 1060. The van der Waals surface area contributed by atoms with E-state index in [0.717, 1.165) is 34.4 Å². The molecule has 1 N–H and O–H groups in total. The van der Waals surface area contributed by atoms with E-state index < -0.39 is 6.48 Å². The van der Waals surface area contributed by atoms with Gasteiger partial charge in [-0.25, -0.2) is 0 Å². The maximum absolute atomic E-state index is 12.8. The van der Waals surface area contributed by atoms with Crippen LogP contribution in [0.2, 0.25) is 0 Å². The van der Waals surface area contributed by atoms with Crippen LogP contribution in [0, 0.1) is 17.8 Å². The zero-order valence-corrected chi connectivity index (χ0v) is 19.6. The average molecular weight is 439 g/mol. The molecule has 5 heteroatoms. The molecule has 2 aromatic carbocycles. The molecule has 0 saturated heterocycles. The van der Waals surface area contributed by atoms with Gasteiger partial charge in [0.15, 0.2) is 11.7 Å². The summed E-state index contributed by atoms with van der Waals surface area (Å²) < 4.78 is 6.95. The number of benzene rings is 2. The Hall–Kier alpha value is -2.82. The highest BCUT2D eigenvalue weighted by atomic mass is 16.5. The van der Waals surface area contributed by atoms with Gasteiger partial charge in [-0.05, 0) is 70.1 Å². The minimum atomic E-state index is -1.90. The summed E-state index contributed by atoms with van der Waals surface area (Å²) >= 11 is 0. The largest absolute Gasteiger partial charge is 0.676 e. The smallest absolute Gasteiger partial charge is 0.336 e. The number of carbonyl (C=O) groups is 1. The van der Waals surface area contributed by atoms with E-state index in [9.17, 15) is 4.79 Å². The van der Waals surface area contributed by atoms with Crippen molar-refractivity contribution >= 4 is 28.9 Å². The quantitative estimate of drug-likeness (QED) is 0.714. The molecule has 0 spiro atoms.